The lowest BCUT2D eigenvalue weighted by Gasteiger charge is -2.19. The summed E-state index contributed by atoms with van der Waals surface area (Å²) in [4.78, 5) is 13.0. The molecule has 13 heavy (non-hydrogen) atoms. The first-order valence-corrected chi connectivity index (χ1v) is 5.00. The third-order valence-corrected chi connectivity index (χ3v) is 2.87. The molecule has 0 aliphatic carbocycles. The van der Waals surface area contributed by atoms with E-state index in [0.29, 0.717) is 17.7 Å². The summed E-state index contributed by atoms with van der Waals surface area (Å²) in [5.41, 5.74) is 0. The van der Waals surface area contributed by atoms with E-state index in [1.807, 2.05) is 0 Å². The molecule has 5 heteroatoms. The monoisotopic (exact) mass is 199 g/mol. The maximum absolute atomic E-state index is 11.3. The Morgan fingerprint density at radius 3 is 3.00 bits per heavy atom. The van der Waals surface area contributed by atoms with Crippen LogP contribution in [0.1, 0.15) is 12.8 Å². The molecule has 0 aromatic heterocycles. The topological polar surface area (TPSA) is 44.4 Å². The Kier molecular flexibility index (Phi) is 2.46. The van der Waals surface area contributed by atoms with Crippen molar-refractivity contribution in [3.8, 4) is 0 Å². The van der Waals surface area contributed by atoms with Crippen LogP contribution in [0.3, 0.4) is 0 Å². The fraction of sp³-hybridized carbons (Fsp3) is 0.750. The molecule has 2 saturated heterocycles. The van der Waals surface area contributed by atoms with Gasteiger partial charge in [-0.05, 0) is 31.6 Å². The number of nitrogens with one attached hydrogen (secondary N) is 2. The van der Waals surface area contributed by atoms with Crippen LogP contribution in [0, 0.1) is 0 Å². The predicted molar refractivity (Wildman–Crippen MR) is 53.3 cm³/mol. The molecule has 2 heterocycles. The summed E-state index contributed by atoms with van der Waals surface area (Å²) in [6.45, 7) is 2.16. The molecule has 72 valence electrons. The van der Waals surface area contributed by atoms with Crippen LogP contribution in [0.5, 0.6) is 0 Å². The summed E-state index contributed by atoms with van der Waals surface area (Å²) in [6.07, 6.45) is 2.35. The van der Waals surface area contributed by atoms with Crippen LogP contribution in [-0.2, 0) is 4.79 Å². The van der Waals surface area contributed by atoms with Gasteiger partial charge in [0.2, 0.25) is 5.91 Å². The van der Waals surface area contributed by atoms with Gasteiger partial charge in [-0.25, -0.2) is 0 Å². The van der Waals surface area contributed by atoms with E-state index in [2.05, 4.69) is 10.6 Å². The first-order chi connectivity index (χ1) is 6.27. The first kappa shape index (κ1) is 8.90. The van der Waals surface area contributed by atoms with Crippen LogP contribution in [0.4, 0.5) is 0 Å². The lowest BCUT2D eigenvalue weighted by Crippen LogP contribution is -2.41. The average Bonchev–Trinajstić information content (AvgIpc) is 2.70. The summed E-state index contributed by atoms with van der Waals surface area (Å²) in [5, 5.41) is 6.80. The Balaban J connectivity index is 1.92. The highest BCUT2D eigenvalue weighted by Gasteiger charge is 2.28. The molecule has 2 rings (SSSR count). The molecular weight excluding hydrogens is 186 g/mol. The Hall–Kier alpha value is -0.680. The standard InChI is InChI=1S/C8H13N3OS/c12-7-4-10-8(13)11(7)5-6-2-1-3-9-6/h6,9H,1-5H2,(H,10,13). The zero-order valence-electron chi connectivity index (χ0n) is 7.38. The highest BCUT2D eigenvalue weighted by atomic mass is 32.1. The molecular formula is C8H13N3OS. The van der Waals surface area contributed by atoms with Crippen LogP contribution in [0.2, 0.25) is 0 Å². The van der Waals surface area contributed by atoms with Gasteiger partial charge < -0.3 is 10.6 Å². The van der Waals surface area contributed by atoms with Crippen molar-refractivity contribution in [2.75, 3.05) is 19.6 Å². The highest BCUT2D eigenvalue weighted by Crippen LogP contribution is 2.09. The van der Waals surface area contributed by atoms with Gasteiger partial charge in [-0.2, -0.15) is 0 Å². The number of thiocarbonyl (C=S) groups is 1. The molecule has 1 amide bonds. The zero-order valence-corrected chi connectivity index (χ0v) is 8.19. The van der Waals surface area contributed by atoms with E-state index in [1.54, 1.807) is 4.90 Å². The Morgan fingerprint density at radius 1 is 1.62 bits per heavy atom. The lowest BCUT2D eigenvalue weighted by atomic mass is 10.2. The Morgan fingerprint density at radius 2 is 2.46 bits per heavy atom. The van der Waals surface area contributed by atoms with Gasteiger partial charge >= 0.3 is 0 Å². The van der Waals surface area contributed by atoms with Gasteiger partial charge in [0.25, 0.3) is 0 Å². The molecule has 0 saturated carbocycles. The number of carbonyl (C=O) groups is 1. The van der Waals surface area contributed by atoms with E-state index < -0.39 is 0 Å². The van der Waals surface area contributed by atoms with Crippen molar-refractivity contribution in [2.45, 2.75) is 18.9 Å². The van der Waals surface area contributed by atoms with Crippen LogP contribution >= 0.6 is 12.2 Å². The van der Waals surface area contributed by atoms with E-state index in [0.717, 1.165) is 19.5 Å². The maximum Gasteiger partial charge on any atom is 0.248 e. The molecule has 2 aliphatic heterocycles. The van der Waals surface area contributed by atoms with Gasteiger partial charge in [-0.3, -0.25) is 9.69 Å². The molecule has 4 nitrogen and oxygen atoms in total. The van der Waals surface area contributed by atoms with Crippen molar-refractivity contribution < 1.29 is 4.79 Å². The SMILES string of the molecule is O=C1CNC(=S)N1CC1CCCN1. The molecule has 0 radical (unpaired) electrons. The van der Waals surface area contributed by atoms with E-state index in [-0.39, 0.29) is 5.91 Å². The highest BCUT2D eigenvalue weighted by molar-refractivity contribution is 7.80. The minimum Gasteiger partial charge on any atom is -0.353 e. The molecule has 0 aromatic carbocycles. The third kappa shape index (κ3) is 1.81. The third-order valence-electron chi connectivity index (χ3n) is 2.50. The summed E-state index contributed by atoms with van der Waals surface area (Å²) in [7, 11) is 0. The summed E-state index contributed by atoms with van der Waals surface area (Å²) < 4.78 is 0. The zero-order chi connectivity index (χ0) is 9.26. The molecule has 1 atom stereocenters. The fourth-order valence-electron chi connectivity index (χ4n) is 1.77. The van der Waals surface area contributed by atoms with Gasteiger partial charge in [0.1, 0.15) is 0 Å². The maximum atomic E-state index is 11.3. The van der Waals surface area contributed by atoms with Crippen LogP contribution in [-0.4, -0.2) is 41.6 Å². The van der Waals surface area contributed by atoms with Crippen molar-refractivity contribution in [3.05, 3.63) is 0 Å². The van der Waals surface area contributed by atoms with Crippen molar-refractivity contribution >= 4 is 23.2 Å². The van der Waals surface area contributed by atoms with Crippen LogP contribution < -0.4 is 10.6 Å². The van der Waals surface area contributed by atoms with Crippen molar-refractivity contribution in [1.29, 1.82) is 0 Å². The number of rotatable bonds is 2. The summed E-state index contributed by atoms with van der Waals surface area (Å²) in [6, 6.07) is 0.432. The predicted octanol–water partition coefficient (Wildman–Crippen LogP) is -0.545. The molecule has 0 spiro atoms. The average molecular weight is 199 g/mol. The quantitative estimate of drug-likeness (QED) is 0.586. The summed E-state index contributed by atoms with van der Waals surface area (Å²) >= 11 is 5.02. The van der Waals surface area contributed by atoms with Gasteiger partial charge in [0.15, 0.2) is 5.11 Å². The van der Waals surface area contributed by atoms with Crippen LogP contribution in [0.15, 0.2) is 0 Å². The smallest absolute Gasteiger partial charge is 0.248 e. The largest absolute Gasteiger partial charge is 0.353 e. The second kappa shape index (κ2) is 3.59. The molecule has 0 bridgehead atoms. The summed E-state index contributed by atoms with van der Waals surface area (Å²) in [5.74, 6) is 0.0960. The van der Waals surface area contributed by atoms with Gasteiger partial charge in [0, 0.05) is 12.6 Å². The molecule has 1 unspecified atom stereocenters. The first-order valence-electron chi connectivity index (χ1n) is 4.59. The number of nitrogens with zero attached hydrogens (tertiary/aromatic N) is 1. The van der Waals surface area contributed by atoms with Gasteiger partial charge in [-0.15, -0.1) is 0 Å². The molecule has 2 fully saturated rings. The Labute approximate surface area is 82.7 Å². The van der Waals surface area contributed by atoms with E-state index >= 15 is 0 Å². The number of amides is 1. The van der Waals surface area contributed by atoms with Gasteiger partial charge in [0.05, 0.1) is 6.54 Å². The second-order valence-electron chi connectivity index (χ2n) is 3.46. The minimum atomic E-state index is 0.0960. The number of hydrogen-bond donors (Lipinski definition) is 2. The fourth-order valence-corrected chi connectivity index (χ4v) is 2.02. The number of carbonyl (C=O) groups excluding carboxylic acids is 1. The molecule has 2 N–H and O–H groups in total. The van der Waals surface area contributed by atoms with E-state index in [4.69, 9.17) is 12.2 Å². The molecule has 2 aliphatic rings. The van der Waals surface area contributed by atoms with Gasteiger partial charge in [-0.1, -0.05) is 0 Å². The van der Waals surface area contributed by atoms with Crippen LogP contribution in [0.25, 0.3) is 0 Å². The lowest BCUT2D eigenvalue weighted by molar-refractivity contribution is -0.124. The normalized spacial score (nSPS) is 28.3. The molecule has 0 aromatic rings. The Bertz CT molecular complexity index is 222. The second-order valence-corrected chi connectivity index (χ2v) is 3.84. The van der Waals surface area contributed by atoms with Crippen molar-refractivity contribution in [1.82, 2.24) is 15.5 Å². The van der Waals surface area contributed by atoms with Crippen molar-refractivity contribution in [2.24, 2.45) is 0 Å². The number of hydrogen-bond acceptors (Lipinski definition) is 3. The van der Waals surface area contributed by atoms with E-state index in [9.17, 15) is 4.79 Å². The van der Waals surface area contributed by atoms with E-state index in [1.165, 1.54) is 6.42 Å². The van der Waals surface area contributed by atoms with Crippen molar-refractivity contribution in [3.63, 3.8) is 0 Å². The minimum absolute atomic E-state index is 0.0960.